The molecule has 0 radical (unpaired) electrons. The summed E-state index contributed by atoms with van der Waals surface area (Å²) in [6, 6.07) is 15.7. The molecule has 2 aromatic rings. The lowest BCUT2D eigenvalue weighted by Gasteiger charge is -2.30. The lowest BCUT2D eigenvalue weighted by Crippen LogP contribution is -2.39. The van der Waals surface area contributed by atoms with E-state index in [0.29, 0.717) is 13.1 Å². The Balaban J connectivity index is 1.93. The molecule has 3 rings (SSSR count). The number of amides is 1. The molecular weight excluding hydrogens is 252 g/mol. The topological polar surface area (TPSA) is 41.6 Å². The number of benzene rings is 2. The van der Waals surface area contributed by atoms with Crippen molar-refractivity contribution in [2.24, 2.45) is 0 Å². The molecule has 0 bridgehead atoms. The van der Waals surface area contributed by atoms with Gasteiger partial charge in [-0.05, 0) is 17.7 Å². The van der Waals surface area contributed by atoms with E-state index >= 15 is 0 Å². The van der Waals surface area contributed by atoms with Gasteiger partial charge in [0.05, 0.1) is 31.6 Å². The number of methoxy groups -OCH3 is 1. The molecule has 2 aromatic carbocycles. The summed E-state index contributed by atoms with van der Waals surface area (Å²) in [5, 5.41) is 3.13. The summed E-state index contributed by atoms with van der Waals surface area (Å²) < 4.78 is 5.22. The zero-order valence-corrected chi connectivity index (χ0v) is 11.3. The molecule has 102 valence electrons. The minimum absolute atomic E-state index is 0.0755. The molecule has 0 spiro atoms. The molecule has 20 heavy (non-hydrogen) atoms. The number of ether oxygens (including phenoxy) is 1. The number of rotatable bonds is 3. The highest BCUT2D eigenvalue weighted by Gasteiger charge is 2.24. The number of nitrogens with one attached hydrogen (secondary N) is 1. The third-order valence-electron chi connectivity index (χ3n) is 3.41. The van der Waals surface area contributed by atoms with Crippen molar-refractivity contribution in [3.63, 3.8) is 0 Å². The Morgan fingerprint density at radius 1 is 1.20 bits per heavy atom. The average Bonchev–Trinajstić information content (AvgIpc) is 2.50. The minimum atomic E-state index is 0.0755. The number of carbonyl (C=O) groups excluding carboxylic acids is 1. The van der Waals surface area contributed by atoms with Crippen molar-refractivity contribution in [3.05, 3.63) is 54.1 Å². The first-order valence-corrected chi connectivity index (χ1v) is 6.54. The van der Waals surface area contributed by atoms with Gasteiger partial charge in [0.1, 0.15) is 5.75 Å². The summed E-state index contributed by atoms with van der Waals surface area (Å²) in [7, 11) is 1.64. The first-order chi connectivity index (χ1) is 9.78. The Bertz CT molecular complexity index is 626. The standard InChI is InChI=1S/C16H16N2O2/c1-20-13-7-8-15-14(9-13)17-10-16(19)18(15)11-12-5-3-2-4-6-12/h2-9,17H,10-11H2,1H3. The van der Waals surface area contributed by atoms with Crippen LogP contribution in [0.15, 0.2) is 48.5 Å². The monoisotopic (exact) mass is 268 g/mol. The van der Waals surface area contributed by atoms with E-state index in [2.05, 4.69) is 5.32 Å². The molecule has 1 N–H and O–H groups in total. The maximum atomic E-state index is 12.1. The Labute approximate surface area is 118 Å². The SMILES string of the molecule is COc1ccc2c(c1)NCC(=O)N2Cc1ccccc1. The highest BCUT2D eigenvalue weighted by atomic mass is 16.5. The number of anilines is 2. The van der Waals surface area contributed by atoms with Gasteiger partial charge in [-0.3, -0.25) is 4.79 Å². The highest BCUT2D eigenvalue weighted by Crippen LogP contribution is 2.33. The van der Waals surface area contributed by atoms with E-state index in [4.69, 9.17) is 4.74 Å². The number of hydrogen-bond donors (Lipinski definition) is 1. The van der Waals surface area contributed by atoms with Crippen LogP contribution in [0.4, 0.5) is 11.4 Å². The molecule has 1 aliphatic rings. The van der Waals surface area contributed by atoms with Crippen LogP contribution in [0.1, 0.15) is 5.56 Å². The quantitative estimate of drug-likeness (QED) is 0.930. The second-order valence-corrected chi connectivity index (χ2v) is 4.70. The summed E-state index contributed by atoms with van der Waals surface area (Å²) in [5.74, 6) is 0.858. The highest BCUT2D eigenvalue weighted by molar-refractivity contribution is 6.02. The van der Waals surface area contributed by atoms with Crippen molar-refractivity contribution >= 4 is 17.3 Å². The van der Waals surface area contributed by atoms with Gasteiger partial charge in [-0.15, -0.1) is 0 Å². The summed E-state index contributed by atoms with van der Waals surface area (Å²) in [5.41, 5.74) is 2.94. The largest absolute Gasteiger partial charge is 0.497 e. The molecule has 0 aromatic heterocycles. The van der Waals surface area contributed by atoms with Crippen LogP contribution in [-0.4, -0.2) is 19.6 Å². The predicted octanol–water partition coefficient (Wildman–Crippen LogP) is 2.65. The van der Waals surface area contributed by atoms with Gasteiger partial charge in [-0.1, -0.05) is 30.3 Å². The fraction of sp³-hybridized carbons (Fsp3) is 0.188. The fourth-order valence-corrected chi connectivity index (χ4v) is 2.36. The molecule has 4 heteroatoms. The zero-order valence-electron chi connectivity index (χ0n) is 11.3. The molecule has 1 aliphatic heterocycles. The molecule has 1 amide bonds. The van der Waals surface area contributed by atoms with Crippen molar-refractivity contribution in [2.75, 3.05) is 23.9 Å². The van der Waals surface area contributed by atoms with E-state index in [1.54, 1.807) is 12.0 Å². The second-order valence-electron chi connectivity index (χ2n) is 4.70. The molecule has 0 saturated carbocycles. The summed E-state index contributed by atoms with van der Waals surface area (Å²) in [4.78, 5) is 14.0. The first-order valence-electron chi connectivity index (χ1n) is 6.54. The number of hydrogen-bond acceptors (Lipinski definition) is 3. The molecule has 0 fully saturated rings. The Hall–Kier alpha value is -2.49. The minimum Gasteiger partial charge on any atom is -0.497 e. The van der Waals surface area contributed by atoms with E-state index in [-0.39, 0.29) is 5.91 Å². The van der Waals surface area contributed by atoms with E-state index < -0.39 is 0 Å². The van der Waals surface area contributed by atoms with Crippen LogP contribution in [0.3, 0.4) is 0 Å². The summed E-state index contributed by atoms with van der Waals surface area (Å²) in [6.07, 6.45) is 0. The molecule has 0 saturated heterocycles. The van der Waals surface area contributed by atoms with Crippen LogP contribution in [0.2, 0.25) is 0 Å². The normalized spacial score (nSPS) is 13.7. The van der Waals surface area contributed by atoms with Gasteiger partial charge in [0.15, 0.2) is 0 Å². The van der Waals surface area contributed by atoms with E-state index in [9.17, 15) is 4.79 Å². The number of nitrogens with zero attached hydrogens (tertiary/aromatic N) is 1. The predicted molar refractivity (Wildman–Crippen MR) is 79.1 cm³/mol. The van der Waals surface area contributed by atoms with Crippen molar-refractivity contribution in [2.45, 2.75) is 6.54 Å². The van der Waals surface area contributed by atoms with Gasteiger partial charge < -0.3 is 15.0 Å². The molecule has 1 heterocycles. The lowest BCUT2D eigenvalue weighted by atomic mass is 10.1. The van der Waals surface area contributed by atoms with Gasteiger partial charge in [0.2, 0.25) is 5.91 Å². The molecule has 4 nitrogen and oxygen atoms in total. The van der Waals surface area contributed by atoms with Crippen molar-refractivity contribution in [1.29, 1.82) is 0 Å². The maximum absolute atomic E-state index is 12.1. The third kappa shape index (κ3) is 2.32. The van der Waals surface area contributed by atoms with Crippen LogP contribution in [0.25, 0.3) is 0 Å². The van der Waals surface area contributed by atoms with Crippen LogP contribution in [-0.2, 0) is 11.3 Å². The fourth-order valence-electron chi connectivity index (χ4n) is 2.36. The Morgan fingerprint density at radius 2 is 2.00 bits per heavy atom. The molecule has 0 aliphatic carbocycles. The van der Waals surface area contributed by atoms with Crippen molar-refractivity contribution in [3.8, 4) is 5.75 Å². The summed E-state index contributed by atoms with van der Waals surface area (Å²) in [6.45, 7) is 0.897. The van der Waals surface area contributed by atoms with Gasteiger partial charge in [-0.25, -0.2) is 0 Å². The number of fused-ring (bicyclic) bond motifs is 1. The smallest absolute Gasteiger partial charge is 0.246 e. The Morgan fingerprint density at radius 3 is 2.75 bits per heavy atom. The van der Waals surface area contributed by atoms with Crippen LogP contribution >= 0.6 is 0 Å². The van der Waals surface area contributed by atoms with Crippen LogP contribution < -0.4 is 15.0 Å². The molecule has 0 atom stereocenters. The van der Waals surface area contributed by atoms with E-state index in [0.717, 1.165) is 22.7 Å². The molecular formula is C16H16N2O2. The van der Waals surface area contributed by atoms with Gasteiger partial charge in [0.25, 0.3) is 0 Å². The summed E-state index contributed by atoms with van der Waals surface area (Å²) >= 11 is 0. The third-order valence-corrected chi connectivity index (χ3v) is 3.41. The maximum Gasteiger partial charge on any atom is 0.246 e. The van der Waals surface area contributed by atoms with Gasteiger partial charge in [0, 0.05) is 6.07 Å². The molecule has 0 unspecified atom stereocenters. The van der Waals surface area contributed by atoms with E-state index in [1.807, 2.05) is 48.5 Å². The number of carbonyl (C=O) groups is 1. The average molecular weight is 268 g/mol. The van der Waals surface area contributed by atoms with Crippen LogP contribution in [0.5, 0.6) is 5.75 Å². The van der Waals surface area contributed by atoms with Gasteiger partial charge in [-0.2, -0.15) is 0 Å². The first kappa shape index (κ1) is 12.5. The van der Waals surface area contributed by atoms with Crippen molar-refractivity contribution in [1.82, 2.24) is 0 Å². The van der Waals surface area contributed by atoms with Crippen molar-refractivity contribution < 1.29 is 9.53 Å². The van der Waals surface area contributed by atoms with Crippen LogP contribution in [0, 0.1) is 0 Å². The second kappa shape index (κ2) is 5.25. The zero-order chi connectivity index (χ0) is 13.9. The lowest BCUT2D eigenvalue weighted by molar-refractivity contribution is -0.117. The Kier molecular flexibility index (Phi) is 3.29. The van der Waals surface area contributed by atoms with Gasteiger partial charge >= 0.3 is 0 Å². The van der Waals surface area contributed by atoms with E-state index in [1.165, 1.54) is 0 Å².